The van der Waals surface area contributed by atoms with Crippen molar-refractivity contribution >= 4 is 28.6 Å². The van der Waals surface area contributed by atoms with E-state index >= 15 is 0 Å². The molecule has 0 amide bonds. The summed E-state index contributed by atoms with van der Waals surface area (Å²) in [4.78, 5) is 17.8. The Morgan fingerprint density at radius 3 is 2.80 bits per heavy atom. The molecule has 0 atom stereocenters. The number of fused-ring (bicyclic) bond motifs is 1. The molecule has 0 radical (unpaired) electrons. The highest BCUT2D eigenvalue weighted by atomic mass is 35.5. The van der Waals surface area contributed by atoms with E-state index in [9.17, 15) is 9.18 Å². The van der Waals surface area contributed by atoms with Crippen LogP contribution in [0.3, 0.4) is 0 Å². The summed E-state index contributed by atoms with van der Waals surface area (Å²) in [5.74, 6) is -1.77. The predicted molar refractivity (Wildman–Crippen MR) is 73.5 cm³/mol. The fourth-order valence-corrected chi connectivity index (χ4v) is 2.23. The summed E-state index contributed by atoms with van der Waals surface area (Å²) in [6, 6.07) is 5.47. The van der Waals surface area contributed by atoms with E-state index in [4.69, 9.17) is 16.7 Å². The highest BCUT2D eigenvalue weighted by molar-refractivity contribution is 6.31. The number of carboxylic acid groups (broad SMARTS) is 1. The SMILES string of the molecule is O=C(O)c1ccc(-c2c[nH]c3ncc(Cl)cc23)c(F)c1. The van der Waals surface area contributed by atoms with E-state index in [1.165, 1.54) is 18.3 Å². The zero-order valence-corrected chi connectivity index (χ0v) is 10.8. The maximum absolute atomic E-state index is 14.1. The Morgan fingerprint density at radius 2 is 2.10 bits per heavy atom. The molecule has 0 fully saturated rings. The van der Waals surface area contributed by atoms with Crippen molar-refractivity contribution in [1.82, 2.24) is 9.97 Å². The topological polar surface area (TPSA) is 66.0 Å². The quantitative estimate of drug-likeness (QED) is 0.756. The number of carbonyl (C=O) groups is 1. The molecule has 0 spiro atoms. The molecule has 0 aliphatic rings. The molecule has 0 bridgehead atoms. The number of H-pyrrole nitrogens is 1. The number of hydrogen-bond acceptors (Lipinski definition) is 2. The van der Waals surface area contributed by atoms with Gasteiger partial charge in [0.05, 0.1) is 10.6 Å². The molecule has 2 heterocycles. The first-order chi connectivity index (χ1) is 9.56. The molecule has 0 saturated carbocycles. The molecule has 3 rings (SSSR count). The zero-order valence-electron chi connectivity index (χ0n) is 10.0. The number of benzene rings is 1. The number of hydrogen-bond donors (Lipinski definition) is 2. The van der Waals surface area contributed by atoms with Gasteiger partial charge in [0.15, 0.2) is 0 Å². The third-order valence-corrected chi connectivity index (χ3v) is 3.21. The molecule has 0 saturated heterocycles. The summed E-state index contributed by atoms with van der Waals surface area (Å²) < 4.78 is 14.1. The minimum atomic E-state index is -1.17. The molecule has 1 aromatic carbocycles. The number of nitrogens with zero attached hydrogens (tertiary/aromatic N) is 1. The number of nitrogens with one attached hydrogen (secondary N) is 1. The molecule has 0 aliphatic heterocycles. The van der Waals surface area contributed by atoms with E-state index < -0.39 is 11.8 Å². The Morgan fingerprint density at radius 1 is 1.30 bits per heavy atom. The second kappa shape index (κ2) is 4.61. The second-order valence-corrected chi connectivity index (χ2v) is 4.69. The van der Waals surface area contributed by atoms with Crippen LogP contribution in [0.2, 0.25) is 5.02 Å². The number of aromatic nitrogens is 2. The number of aromatic amines is 1. The molecular weight excluding hydrogens is 283 g/mol. The van der Waals surface area contributed by atoms with Crippen molar-refractivity contribution < 1.29 is 14.3 Å². The van der Waals surface area contributed by atoms with Gasteiger partial charge in [-0.25, -0.2) is 14.2 Å². The first-order valence-electron chi connectivity index (χ1n) is 5.72. The van der Waals surface area contributed by atoms with Crippen molar-refractivity contribution in [3.8, 4) is 11.1 Å². The maximum Gasteiger partial charge on any atom is 0.335 e. The van der Waals surface area contributed by atoms with Crippen molar-refractivity contribution in [3.05, 3.63) is 53.1 Å². The van der Waals surface area contributed by atoms with E-state index in [1.54, 1.807) is 12.3 Å². The van der Waals surface area contributed by atoms with Crippen LogP contribution >= 0.6 is 11.6 Å². The molecular formula is C14H8ClFN2O2. The van der Waals surface area contributed by atoms with Gasteiger partial charge in [0.25, 0.3) is 0 Å². The van der Waals surface area contributed by atoms with Gasteiger partial charge in [0, 0.05) is 28.9 Å². The van der Waals surface area contributed by atoms with Crippen molar-refractivity contribution in [2.75, 3.05) is 0 Å². The lowest BCUT2D eigenvalue weighted by Gasteiger charge is -2.03. The van der Waals surface area contributed by atoms with E-state index in [-0.39, 0.29) is 5.56 Å². The molecule has 20 heavy (non-hydrogen) atoms. The minimum absolute atomic E-state index is 0.0951. The number of pyridine rings is 1. The van der Waals surface area contributed by atoms with Crippen LogP contribution in [0.25, 0.3) is 22.2 Å². The smallest absolute Gasteiger partial charge is 0.335 e. The van der Waals surface area contributed by atoms with Crippen LogP contribution in [-0.4, -0.2) is 21.0 Å². The normalized spacial score (nSPS) is 10.9. The van der Waals surface area contributed by atoms with E-state index in [1.807, 2.05) is 0 Å². The van der Waals surface area contributed by atoms with Gasteiger partial charge in [-0.15, -0.1) is 0 Å². The molecule has 6 heteroatoms. The van der Waals surface area contributed by atoms with Crippen LogP contribution in [0, 0.1) is 5.82 Å². The summed E-state index contributed by atoms with van der Waals surface area (Å²) >= 11 is 5.89. The van der Waals surface area contributed by atoms with Crippen molar-refractivity contribution in [2.24, 2.45) is 0 Å². The van der Waals surface area contributed by atoms with E-state index in [0.29, 0.717) is 27.2 Å². The fourth-order valence-electron chi connectivity index (χ4n) is 2.07. The van der Waals surface area contributed by atoms with Gasteiger partial charge in [0.2, 0.25) is 0 Å². The van der Waals surface area contributed by atoms with Gasteiger partial charge in [-0.1, -0.05) is 17.7 Å². The lowest BCUT2D eigenvalue weighted by atomic mass is 10.0. The summed E-state index contributed by atoms with van der Waals surface area (Å²) in [5.41, 5.74) is 1.38. The average molecular weight is 291 g/mol. The summed E-state index contributed by atoms with van der Waals surface area (Å²) in [6.45, 7) is 0. The standard InChI is InChI=1S/C14H8ClFN2O2/c15-8-4-10-11(6-18-13(10)17-5-8)9-2-1-7(14(19)20)3-12(9)16/h1-6H,(H,17,18)(H,19,20). The van der Waals surface area contributed by atoms with Crippen LogP contribution in [-0.2, 0) is 0 Å². The molecule has 0 aliphatic carbocycles. The Labute approximate surface area is 117 Å². The Hall–Kier alpha value is -2.40. The third-order valence-electron chi connectivity index (χ3n) is 3.00. The lowest BCUT2D eigenvalue weighted by Crippen LogP contribution is -1.97. The molecule has 0 unspecified atom stereocenters. The van der Waals surface area contributed by atoms with Gasteiger partial charge in [-0.05, 0) is 18.2 Å². The van der Waals surface area contributed by atoms with Crippen molar-refractivity contribution in [3.63, 3.8) is 0 Å². The molecule has 4 nitrogen and oxygen atoms in total. The first-order valence-corrected chi connectivity index (χ1v) is 6.10. The average Bonchev–Trinajstić information content (AvgIpc) is 2.81. The highest BCUT2D eigenvalue weighted by Crippen LogP contribution is 2.31. The summed E-state index contributed by atoms with van der Waals surface area (Å²) in [7, 11) is 0. The van der Waals surface area contributed by atoms with Gasteiger partial charge in [-0.2, -0.15) is 0 Å². The minimum Gasteiger partial charge on any atom is -0.478 e. The molecule has 3 aromatic rings. The van der Waals surface area contributed by atoms with Gasteiger partial charge < -0.3 is 10.1 Å². The Balaban J connectivity index is 2.20. The van der Waals surface area contributed by atoms with E-state index in [2.05, 4.69) is 9.97 Å². The number of rotatable bonds is 2. The Bertz CT molecular complexity index is 829. The van der Waals surface area contributed by atoms with Crippen molar-refractivity contribution in [2.45, 2.75) is 0 Å². The van der Waals surface area contributed by atoms with Gasteiger partial charge in [0.1, 0.15) is 11.5 Å². The first kappa shape index (κ1) is 12.6. The summed E-state index contributed by atoms with van der Waals surface area (Å²) in [6.07, 6.45) is 3.11. The molecule has 100 valence electrons. The predicted octanol–water partition coefficient (Wildman–Crippen LogP) is 3.72. The zero-order chi connectivity index (χ0) is 14.3. The largest absolute Gasteiger partial charge is 0.478 e. The Kier molecular flexibility index (Phi) is 2.91. The number of carboxylic acids is 1. The van der Waals surface area contributed by atoms with Crippen LogP contribution in [0.4, 0.5) is 4.39 Å². The fraction of sp³-hybridized carbons (Fsp3) is 0. The number of aromatic carboxylic acids is 1. The number of halogens is 2. The van der Waals surface area contributed by atoms with Crippen LogP contribution in [0.15, 0.2) is 36.7 Å². The monoisotopic (exact) mass is 290 g/mol. The maximum atomic E-state index is 14.1. The van der Waals surface area contributed by atoms with Crippen molar-refractivity contribution in [1.29, 1.82) is 0 Å². The van der Waals surface area contributed by atoms with Crippen LogP contribution in [0.1, 0.15) is 10.4 Å². The van der Waals surface area contributed by atoms with Crippen LogP contribution < -0.4 is 0 Å². The highest BCUT2D eigenvalue weighted by Gasteiger charge is 2.14. The molecule has 2 N–H and O–H groups in total. The van der Waals surface area contributed by atoms with E-state index in [0.717, 1.165) is 6.07 Å². The molecule has 2 aromatic heterocycles. The summed E-state index contributed by atoms with van der Waals surface area (Å²) in [5, 5.41) is 9.96. The third kappa shape index (κ3) is 2.02. The van der Waals surface area contributed by atoms with Gasteiger partial charge >= 0.3 is 5.97 Å². The van der Waals surface area contributed by atoms with Gasteiger partial charge in [-0.3, -0.25) is 0 Å². The second-order valence-electron chi connectivity index (χ2n) is 4.25. The van der Waals surface area contributed by atoms with Crippen LogP contribution in [0.5, 0.6) is 0 Å². The lowest BCUT2D eigenvalue weighted by molar-refractivity contribution is 0.0696.